The van der Waals surface area contributed by atoms with E-state index in [2.05, 4.69) is 40.2 Å². The lowest BCUT2D eigenvalue weighted by Crippen LogP contribution is -2.44. The van der Waals surface area contributed by atoms with Gasteiger partial charge in [0.1, 0.15) is 11.5 Å². The van der Waals surface area contributed by atoms with Crippen LogP contribution in [0.5, 0.6) is 0 Å². The zero-order valence-corrected chi connectivity index (χ0v) is 17.1. The van der Waals surface area contributed by atoms with Crippen LogP contribution in [-0.4, -0.2) is 54.3 Å². The van der Waals surface area contributed by atoms with Crippen LogP contribution in [0.3, 0.4) is 0 Å². The van der Waals surface area contributed by atoms with Crippen LogP contribution >= 0.6 is 12.2 Å². The summed E-state index contributed by atoms with van der Waals surface area (Å²) in [6.07, 6.45) is 0.969. The second-order valence-electron chi connectivity index (χ2n) is 6.83. The minimum atomic E-state index is 0.665. The molecule has 3 rings (SSSR count). The number of hydrogen-bond donors (Lipinski definition) is 1. The molecular formula is C21H29N3O2S. The van der Waals surface area contributed by atoms with Gasteiger partial charge in [-0.05, 0) is 49.3 Å². The highest BCUT2D eigenvalue weighted by molar-refractivity contribution is 7.80. The summed E-state index contributed by atoms with van der Waals surface area (Å²) in [5.41, 5.74) is 2.35. The Bertz CT molecular complexity index is 741. The van der Waals surface area contributed by atoms with Crippen LogP contribution in [0.1, 0.15) is 24.0 Å². The second-order valence-corrected chi connectivity index (χ2v) is 7.22. The Labute approximate surface area is 167 Å². The summed E-state index contributed by atoms with van der Waals surface area (Å²) < 4.78 is 11.2. The van der Waals surface area contributed by atoms with Gasteiger partial charge >= 0.3 is 0 Å². The highest BCUT2D eigenvalue weighted by Crippen LogP contribution is 2.17. The highest BCUT2D eigenvalue weighted by atomic mass is 32.1. The van der Waals surface area contributed by atoms with E-state index in [0.29, 0.717) is 6.54 Å². The summed E-state index contributed by atoms with van der Waals surface area (Å²) in [7, 11) is 0. The summed E-state index contributed by atoms with van der Waals surface area (Å²) in [5.74, 6) is 1.86. The van der Waals surface area contributed by atoms with Crippen LogP contribution in [0.15, 0.2) is 40.8 Å². The van der Waals surface area contributed by atoms with Crippen molar-refractivity contribution in [2.24, 2.45) is 0 Å². The van der Waals surface area contributed by atoms with Gasteiger partial charge in [-0.2, -0.15) is 0 Å². The number of anilines is 1. The third kappa shape index (κ3) is 5.79. The van der Waals surface area contributed by atoms with Crippen molar-refractivity contribution >= 4 is 23.0 Å². The zero-order valence-electron chi connectivity index (χ0n) is 16.2. The number of aryl methyl sites for hydroxylation is 2. The normalized spacial score (nSPS) is 14.9. The van der Waals surface area contributed by atoms with E-state index in [4.69, 9.17) is 21.4 Å². The smallest absolute Gasteiger partial charge is 0.173 e. The molecule has 1 N–H and O–H groups in total. The van der Waals surface area contributed by atoms with E-state index in [9.17, 15) is 0 Å². The molecule has 1 aliphatic heterocycles. The molecule has 1 fully saturated rings. The molecule has 2 aromatic rings. The molecule has 146 valence electrons. The van der Waals surface area contributed by atoms with Gasteiger partial charge in [-0.15, -0.1) is 0 Å². The first-order chi connectivity index (χ1) is 13.2. The maximum Gasteiger partial charge on any atom is 0.173 e. The largest absolute Gasteiger partial charge is 0.464 e. The maximum absolute atomic E-state index is 5.79. The lowest BCUT2D eigenvalue weighted by atomic mass is 10.1. The zero-order chi connectivity index (χ0) is 19.1. The van der Waals surface area contributed by atoms with Gasteiger partial charge in [0.05, 0.1) is 19.8 Å². The summed E-state index contributed by atoms with van der Waals surface area (Å²) in [6.45, 7) is 10.2. The number of nitrogens with zero attached hydrogens (tertiary/aromatic N) is 2. The van der Waals surface area contributed by atoms with E-state index in [-0.39, 0.29) is 0 Å². The van der Waals surface area contributed by atoms with Gasteiger partial charge in [-0.1, -0.05) is 25.1 Å². The average molecular weight is 388 g/mol. The van der Waals surface area contributed by atoms with Gasteiger partial charge in [-0.25, -0.2) is 0 Å². The number of nitrogens with one attached hydrogen (secondary N) is 1. The summed E-state index contributed by atoms with van der Waals surface area (Å²) in [4.78, 5) is 4.61. The van der Waals surface area contributed by atoms with Gasteiger partial charge in [0.15, 0.2) is 5.11 Å². The second kappa shape index (κ2) is 9.88. The van der Waals surface area contributed by atoms with Crippen LogP contribution in [0.4, 0.5) is 5.69 Å². The molecule has 0 bridgehead atoms. The minimum Gasteiger partial charge on any atom is -0.464 e. The molecule has 0 saturated carbocycles. The molecule has 27 heavy (non-hydrogen) atoms. The molecule has 0 aliphatic carbocycles. The predicted octanol–water partition coefficient (Wildman–Crippen LogP) is 3.68. The van der Waals surface area contributed by atoms with Gasteiger partial charge in [0.2, 0.25) is 0 Å². The molecule has 5 nitrogen and oxygen atoms in total. The van der Waals surface area contributed by atoms with Crippen LogP contribution < -0.4 is 5.32 Å². The van der Waals surface area contributed by atoms with Crippen LogP contribution in [0.2, 0.25) is 0 Å². The van der Waals surface area contributed by atoms with E-state index in [0.717, 1.165) is 68.1 Å². The number of thiocarbonyl (C=S) groups is 1. The molecule has 1 aliphatic rings. The lowest BCUT2D eigenvalue weighted by molar-refractivity contribution is 0.0356. The molecule has 0 amide bonds. The predicted molar refractivity (Wildman–Crippen MR) is 113 cm³/mol. The number of morpholine rings is 1. The fourth-order valence-electron chi connectivity index (χ4n) is 3.24. The maximum atomic E-state index is 5.79. The summed E-state index contributed by atoms with van der Waals surface area (Å²) in [5, 5.41) is 4.18. The van der Waals surface area contributed by atoms with Crippen molar-refractivity contribution in [3.63, 3.8) is 0 Å². The molecule has 6 heteroatoms. The molecule has 1 aromatic carbocycles. The van der Waals surface area contributed by atoms with E-state index in [1.807, 2.05) is 25.1 Å². The Morgan fingerprint density at radius 2 is 1.96 bits per heavy atom. The first kappa shape index (κ1) is 19.9. The first-order valence-corrected chi connectivity index (χ1v) is 10.1. The Hall–Kier alpha value is -1.89. The van der Waals surface area contributed by atoms with E-state index >= 15 is 0 Å². The number of rotatable bonds is 7. The summed E-state index contributed by atoms with van der Waals surface area (Å²) >= 11 is 5.77. The average Bonchev–Trinajstić information content (AvgIpc) is 3.11. The lowest BCUT2D eigenvalue weighted by Gasteiger charge is -2.31. The molecule has 2 heterocycles. The van der Waals surface area contributed by atoms with Crippen LogP contribution in [-0.2, 0) is 17.7 Å². The van der Waals surface area contributed by atoms with E-state index < -0.39 is 0 Å². The molecule has 0 unspecified atom stereocenters. The van der Waals surface area contributed by atoms with Crippen LogP contribution in [0.25, 0.3) is 0 Å². The number of benzene rings is 1. The Morgan fingerprint density at radius 1 is 1.19 bits per heavy atom. The van der Waals surface area contributed by atoms with Crippen molar-refractivity contribution in [3.05, 3.63) is 53.5 Å². The van der Waals surface area contributed by atoms with E-state index in [1.54, 1.807) is 0 Å². The molecule has 1 aromatic heterocycles. The van der Waals surface area contributed by atoms with Crippen molar-refractivity contribution in [2.75, 3.05) is 44.7 Å². The third-order valence-electron chi connectivity index (χ3n) is 4.86. The monoisotopic (exact) mass is 387 g/mol. The van der Waals surface area contributed by atoms with Crippen molar-refractivity contribution in [3.8, 4) is 0 Å². The Morgan fingerprint density at radius 3 is 2.67 bits per heavy atom. The number of hydrogen-bond acceptors (Lipinski definition) is 4. The van der Waals surface area contributed by atoms with E-state index in [1.165, 1.54) is 5.56 Å². The van der Waals surface area contributed by atoms with Crippen molar-refractivity contribution < 1.29 is 9.15 Å². The van der Waals surface area contributed by atoms with Crippen molar-refractivity contribution in [1.29, 1.82) is 0 Å². The molecule has 0 spiro atoms. The number of ether oxygens (including phenoxy) is 1. The standard InChI is InChI=1S/C21H29N3O2S/c1-3-18-6-4-5-7-20(18)22-21(27)24(16-19-9-8-17(2)26-19)11-10-23-12-14-25-15-13-23/h4-9H,3,10-16H2,1-2H3,(H,22,27). The van der Waals surface area contributed by atoms with Crippen molar-refractivity contribution in [1.82, 2.24) is 9.80 Å². The van der Waals surface area contributed by atoms with Gasteiger partial charge in [0.25, 0.3) is 0 Å². The SMILES string of the molecule is CCc1ccccc1NC(=S)N(CCN1CCOCC1)Cc1ccc(C)o1. The van der Waals surface area contributed by atoms with Gasteiger partial charge in [0, 0.05) is 31.9 Å². The van der Waals surface area contributed by atoms with Crippen molar-refractivity contribution in [2.45, 2.75) is 26.8 Å². The van der Waals surface area contributed by atoms with Gasteiger partial charge in [-0.3, -0.25) is 4.90 Å². The Kier molecular flexibility index (Phi) is 7.26. The quantitative estimate of drug-likeness (QED) is 0.731. The third-order valence-corrected chi connectivity index (χ3v) is 5.22. The fraction of sp³-hybridized carbons (Fsp3) is 0.476. The highest BCUT2D eigenvalue weighted by Gasteiger charge is 2.17. The fourth-order valence-corrected chi connectivity index (χ4v) is 3.51. The molecule has 1 saturated heterocycles. The first-order valence-electron chi connectivity index (χ1n) is 9.65. The number of para-hydroxylation sites is 1. The minimum absolute atomic E-state index is 0.665. The molecule has 0 radical (unpaired) electrons. The summed E-state index contributed by atoms with van der Waals surface area (Å²) in [6, 6.07) is 12.4. The topological polar surface area (TPSA) is 40.9 Å². The molecule has 0 atom stereocenters. The number of furan rings is 1. The molecular weight excluding hydrogens is 358 g/mol. The Balaban J connectivity index is 1.67. The van der Waals surface area contributed by atoms with Gasteiger partial charge < -0.3 is 19.4 Å². The van der Waals surface area contributed by atoms with Crippen LogP contribution in [0, 0.1) is 6.92 Å².